The molecule has 1 aliphatic heterocycles. The van der Waals surface area contributed by atoms with Gasteiger partial charge in [0.15, 0.2) is 0 Å². The number of carbonyl (C=O) groups excluding carboxylic acids is 3. The molecule has 2 aromatic carbocycles. The quantitative estimate of drug-likeness (QED) is 0.441. The molecular formula is C26H27N3O4. The third kappa shape index (κ3) is 4.82. The largest absolute Gasteiger partial charge is 0.444 e. The molecule has 0 aliphatic carbocycles. The number of nitrogens with zero attached hydrogens (tertiary/aromatic N) is 1. The van der Waals surface area contributed by atoms with E-state index in [1.54, 1.807) is 0 Å². The van der Waals surface area contributed by atoms with E-state index in [0.717, 1.165) is 10.9 Å². The van der Waals surface area contributed by atoms with Crippen molar-refractivity contribution < 1.29 is 19.1 Å². The number of rotatable bonds is 6. The zero-order valence-electron chi connectivity index (χ0n) is 19.0. The fourth-order valence-corrected chi connectivity index (χ4v) is 3.98. The zero-order valence-corrected chi connectivity index (χ0v) is 19.0. The Bertz CT molecular complexity index is 1250. The van der Waals surface area contributed by atoms with Gasteiger partial charge in [-0.1, -0.05) is 48.5 Å². The van der Waals surface area contributed by atoms with Crippen LogP contribution in [0.3, 0.4) is 0 Å². The van der Waals surface area contributed by atoms with Crippen LogP contribution in [0.4, 0.5) is 4.79 Å². The van der Waals surface area contributed by atoms with Crippen LogP contribution in [0.5, 0.6) is 0 Å². The summed E-state index contributed by atoms with van der Waals surface area (Å²) in [5, 5.41) is 6.11. The van der Waals surface area contributed by atoms with Crippen LogP contribution in [0.2, 0.25) is 0 Å². The van der Waals surface area contributed by atoms with Crippen molar-refractivity contribution in [3.8, 4) is 0 Å². The van der Waals surface area contributed by atoms with Crippen LogP contribution in [0, 0.1) is 0 Å². The maximum absolute atomic E-state index is 12.8. The van der Waals surface area contributed by atoms with Crippen molar-refractivity contribution in [2.45, 2.75) is 39.3 Å². The number of para-hydroxylation sites is 1. The Morgan fingerprint density at radius 2 is 1.64 bits per heavy atom. The number of carbonyl (C=O) groups is 3. The maximum Gasteiger partial charge on any atom is 0.407 e. The van der Waals surface area contributed by atoms with E-state index in [9.17, 15) is 14.4 Å². The van der Waals surface area contributed by atoms with Crippen molar-refractivity contribution in [2.24, 2.45) is 0 Å². The number of nitrogens with one attached hydrogen (secondary N) is 2. The van der Waals surface area contributed by atoms with Crippen molar-refractivity contribution in [2.75, 3.05) is 6.54 Å². The zero-order chi connectivity index (χ0) is 23.6. The van der Waals surface area contributed by atoms with E-state index in [1.165, 1.54) is 0 Å². The van der Waals surface area contributed by atoms with Gasteiger partial charge in [-0.2, -0.15) is 0 Å². The van der Waals surface area contributed by atoms with Crippen molar-refractivity contribution in [3.05, 3.63) is 71.9 Å². The van der Waals surface area contributed by atoms with Gasteiger partial charge in [-0.25, -0.2) is 4.79 Å². The molecule has 0 saturated carbocycles. The molecule has 3 amide bonds. The topological polar surface area (TPSA) is 89.4 Å². The van der Waals surface area contributed by atoms with Gasteiger partial charge >= 0.3 is 6.09 Å². The second kappa shape index (κ2) is 8.94. The minimum Gasteiger partial charge on any atom is -0.444 e. The lowest BCUT2D eigenvalue weighted by molar-refractivity contribution is -0.122. The number of amides is 3. The van der Waals surface area contributed by atoms with Crippen LogP contribution in [-0.4, -0.2) is 34.6 Å². The van der Waals surface area contributed by atoms with Gasteiger partial charge in [0.05, 0.1) is 11.1 Å². The predicted molar refractivity (Wildman–Crippen MR) is 127 cm³/mol. The lowest BCUT2D eigenvalue weighted by Crippen LogP contribution is -2.33. The average molecular weight is 446 g/mol. The van der Waals surface area contributed by atoms with Crippen LogP contribution in [0.25, 0.3) is 22.0 Å². The first-order chi connectivity index (χ1) is 15.7. The summed E-state index contributed by atoms with van der Waals surface area (Å²) in [5.41, 5.74) is 2.60. The molecule has 1 aliphatic rings. The van der Waals surface area contributed by atoms with E-state index < -0.39 is 17.6 Å². The van der Waals surface area contributed by atoms with E-state index in [4.69, 9.17) is 4.74 Å². The number of aromatic nitrogens is 1. The van der Waals surface area contributed by atoms with Crippen LogP contribution < -0.4 is 10.6 Å². The number of benzene rings is 2. The number of fused-ring (bicyclic) bond motifs is 1. The summed E-state index contributed by atoms with van der Waals surface area (Å²) >= 11 is 0. The summed E-state index contributed by atoms with van der Waals surface area (Å²) in [6.45, 7) is 6.54. The summed E-state index contributed by atoms with van der Waals surface area (Å²) in [5.74, 6) is -0.784. The van der Waals surface area contributed by atoms with E-state index in [0.29, 0.717) is 41.8 Å². The normalized spacial score (nSPS) is 14.0. The highest BCUT2D eigenvalue weighted by molar-refractivity contribution is 6.50. The van der Waals surface area contributed by atoms with Gasteiger partial charge in [0.25, 0.3) is 11.8 Å². The Hall–Kier alpha value is -3.87. The number of hydrogen-bond donors (Lipinski definition) is 2. The molecule has 7 nitrogen and oxygen atoms in total. The van der Waals surface area contributed by atoms with Gasteiger partial charge in [0, 0.05) is 35.8 Å². The lowest BCUT2D eigenvalue weighted by Gasteiger charge is -2.19. The first-order valence-corrected chi connectivity index (χ1v) is 10.9. The first kappa shape index (κ1) is 22.3. The Morgan fingerprint density at radius 1 is 0.970 bits per heavy atom. The van der Waals surface area contributed by atoms with E-state index >= 15 is 0 Å². The van der Waals surface area contributed by atoms with Crippen LogP contribution in [0.15, 0.2) is 60.8 Å². The van der Waals surface area contributed by atoms with Gasteiger partial charge in [0.1, 0.15) is 5.60 Å². The fraction of sp³-hybridized carbons (Fsp3) is 0.269. The molecule has 7 heteroatoms. The summed E-state index contributed by atoms with van der Waals surface area (Å²) in [4.78, 5) is 37.3. The Labute approximate surface area is 192 Å². The van der Waals surface area contributed by atoms with Crippen molar-refractivity contribution in [1.82, 2.24) is 15.2 Å². The third-order valence-corrected chi connectivity index (χ3v) is 5.30. The second-order valence-electron chi connectivity index (χ2n) is 8.93. The van der Waals surface area contributed by atoms with Gasteiger partial charge in [-0.15, -0.1) is 0 Å². The molecule has 1 aromatic heterocycles. The predicted octanol–water partition coefficient (Wildman–Crippen LogP) is 4.12. The number of alkyl carbamates (subject to hydrolysis) is 1. The van der Waals surface area contributed by atoms with Crippen LogP contribution in [0.1, 0.15) is 38.3 Å². The molecular weight excluding hydrogens is 418 g/mol. The number of aryl methyl sites for hydroxylation is 1. The molecule has 0 unspecified atom stereocenters. The summed E-state index contributed by atoms with van der Waals surface area (Å²) in [6.07, 6.45) is 2.14. The molecule has 2 N–H and O–H groups in total. The van der Waals surface area contributed by atoms with Gasteiger partial charge < -0.3 is 14.6 Å². The summed E-state index contributed by atoms with van der Waals surface area (Å²) in [7, 11) is 0. The van der Waals surface area contributed by atoms with Crippen LogP contribution in [-0.2, 0) is 20.9 Å². The van der Waals surface area contributed by atoms with Crippen LogP contribution >= 0.6 is 0 Å². The van der Waals surface area contributed by atoms with Crippen molar-refractivity contribution in [1.29, 1.82) is 0 Å². The first-order valence-electron chi connectivity index (χ1n) is 10.9. The molecule has 0 saturated heterocycles. The molecule has 0 radical (unpaired) electrons. The Balaban J connectivity index is 1.62. The minimum atomic E-state index is -0.543. The monoisotopic (exact) mass is 445 g/mol. The fourth-order valence-electron chi connectivity index (χ4n) is 3.98. The maximum atomic E-state index is 12.8. The van der Waals surface area contributed by atoms with Gasteiger partial charge in [-0.05, 0) is 38.8 Å². The molecule has 0 fully saturated rings. The number of imide groups is 1. The molecule has 0 atom stereocenters. The molecule has 3 aromatic rings. The van der Waals surface area contributed by atoms with Crippen molar-refractivity contribution in [3.63, 3.8) is 0 Å². The molecule has 170 valence electrons. The standard InChI is InChI=1S/C26H27N3O4/c1-26(2,3)33-25(32)27-14-9-15-29-16-19(18-12-7-8-13-20(18)29)22-21(23(30)28-24(22)31)17-10-5-4-6-11-17/h4-8,10-13,16H,9,14-15H2,1-3H3,(H,27,32)(H,28,30,31). The average Bonchev–Trinajstić information content (AvgIpc) is 3.26. The van der Waals surface area contributed by atoms with E-state index in [2.05, 4.69) is 10.6 Å². The molecule has 0 spiro atoms. The second-order valence-corrected chi connectivity index (χ2v) is 8.93. The highest BCUT2D eigenvalue weighted by Crippen LogP contribution is 2.36. The molecule has 2 heterocycles. The van der Waals surface area contributed by atoms with Gasteiger partial charge in [0.2, 0.25) is 0 Å². The summed E-state index contributed by atoms with van der Waals surface area (Å²) in [6, 6.07) is 17.0. The molecule has 0 bridgehead atoms. The number of hydrogen-bond acceptors (Lipinski definition) is 4. The highest BCUT2D eigenvalue weighted by atomic mass is 16.6. The Kier molecular flexibility index (Phi) is 6.05. The van der Waals surface area contributed by atoms with Gasteiger partial charge in [-0.3, -0.25) is 14.9 Å². The molecule has 4 rings (SSSR count). The lowest BCUT2D eigenvalue weighted by atomic mass is 9.96. The SMILES string of the molecule is CC(C)(C)OC(=O)NCCCn1cc(C2=C(c3ccccc3)C(=O)NC2=O)c2ccccc21. The van der Waals surface area contributed by atoms with E-state index in [1.807, 2.05) is 86.1 Å². The Morgan fingerprint density at radius 3 is 2.36 bits per heavy atom. The highest BCUT2D eigenvalue weighted by Gasteiger charge is 2.33. The van der Waals surface area contributed by atoms with Crippen molar-refractivity contribution >= 4 is 40.0 Å². The molecule has 33 heavy (non-hydrogen) atoms. The summed E-state index contributed by atoms with van der Waals surface area (Å²) < 4.78 is 7.32. The van der Waals surface area contributed by atoms with E-state index in [-0.39, 0.29) is 5.91 Å². The number of ether oxygens (including phenoxy) is 1. The third-order valence-electron chi connectivity index (χ3n) is 5.30. The smallest absolute Gasteiger partial charge is 0.407 e. The minimum absolute atomic E-state index is 0.382.